The molecule has 0 bridgehead atoms. The van der Waals surface area contributed by atoms with E-state index in [0.29, 0.717) is 0 Å². The van der Waals surface area contributed by atoms with Crippen molar-refractivity contribution in [1.82, 2.24) is 0 Å². The normalized spacial score (nSPS) is 18.3. The molecule has 0 aliphatic carbocycles. The molecule has 0 heterocycles. The summed E-state index contributed by atoms with van der Waals surface area (Å²) in [4.78, 5) is 0. The minimum absolute atomic E-state index is 0.456. The molecular weight excluding hydrogens is 239 g/mol. The molecular formula is C11H27O3PSi. The van der Waals surface area contributed by atoms with Crippen LogP contribution < -0.4 is 0 Å². The Morgan fingerprint density at radius 2 is 1.31 bits per heavy atom. The smallest absolute Gasteiger partial charge is 0.326 e. The molecule has 3 nitrogen and oxygen atoms in total. The number of hydrogen-bond acceptors (Lipinski definition) is 3. The van der Waals surface area contributed by atoms with Crippen molar-refractivity contribution in [3.8, 4) is 0 Å². The van der Waals surface area contributed by atoms with Crippen LogP contribution in [0.3, 0.4) is 0 Å². The summed E-state index contributed by atoms with van der Waals surface area (Å²) >= 11 is 0. The van der Waals surface area contributed by atoms with Crippen LogP contribution in [0.4, 0.5) is 0 Å². The highest BCUT2D eigenvalue weighted by molar-refractivity contribution is 7.57. The van der Waals surface area contributed by atoms with Gasteiger partial charge in [-0.2, -0.15) is 0 Å². The monoisotopic (exact) mass is 266 g/mol. The first-order valence-corrected chi connectivity index (χ1v) is 10.6. The van der Waals surface area contributed by atoms with E-state index < -0.39 is 26.7 Å². The third-order valence-electron chi connectivity index (χ3n) is 1.61. The van der Waals surface area contributed by atoms with E-state index in [4.69, 9.17) is 8.74 Å². The molecule has 0 aliphatic rings. The van der Waals surface area contributed by atoms with Gasteiger partial charge in [0, 0.05) is 0 Å². The van der Waals surface area contributed by atoms with Crippen LogP contribution in [-0.2, 0) is 13.3 Å². The molecule has 0 fully saturated rings. The average Bonchev–Trinajstić information content (AvgIpc) is 1.72. The number of hydrogen-bond donors (Lipinski definition) is 0. The van der Waals surface area contributed by atoms with Gasteiger partial charge in [0.05, 0.1) is 10.8 Å². The summed E-state index contributed by atoms with van der Waals surface area (Å²) in [6.45, 7) is 17.5. The third-order valence-corrected chi connectivity index (χ3v) is 7.19. The maximum atomic E-state index is 12.9. The fourth-order valence-electron chi connectivity index (χ4n) is 1.01. The van der Waals surface area contributed by atoms with Crippen molar-refractivity contribution in [2.45, 2.75) is 71.9 Å². The summed E-state index contributed by atoms with van der Waals surface area (Å²) < 4.78 is 24.4. The van der Waals surface area contributed by atoms with Crippen LogP contribution in [0.15, 0.2) is 0 Å². The SMILES string of the molecule is CC(C)(C)OP(=O)(O[Si](C)(C)C)C(C)(C)C. The lowest BCUT2D eigenvalue weighted by Gasteiger charge is -2.38. The molecule has 0 aromatic carbocycles. The van der Waals surface area contributed by atoms with Gasteiger partial charge >= 0.3 is 7.60 Å². The minimum Gasteiger partial charge on any atom is -0.351 e. The first-order chi connectivity index (χ1) is 6.66. The van der Waals surface area contributed by atoms with Crippen LogP contribution >= 0.6 is 7.60 Å². The molecule has 0 rings (SSSR count). The van der Waals surface area contributed by atoms with Gasteiger partial charge in [0.1, 0.15) is 0 Å². The maximum absolute atomic E-state index is 12.9. The topological polar surface area (TPSA) is 35.5 Å². The Kier molecular flexibility index (Phi) is 4.67. The molecule has 0 N–H and O–H groups in total. The predicted octanol–water partition coefficient (Wildman–Crippen LogP) is 4.64. The Bertz CT molecular complexity index is 261. The molecule has 0 saturated heterocycles. The fraction of sp³-hybridized carbons (Fsp3) is 1.00. The van der Waals surface area contributed by atoms with Gasteiger partial charge in [0.25, 0.3) is 0 Å². The first-order valence-electron chi connectivity index (χ1n) is 5.68. The molecule has 0 radical (unpaired) electrons. The first kappa shape index (κ1) is 16.4. The van der Waals surface area contributed by atoms with Gasteiger partial charge < -0.3 is 8.74 Å². The van der Waals surface area contributed by atoms with Gasteiger partial charge in [-0.05, 0) is 61.2 Å². The molecule has 16 heavy (non-hydrogen) atoms. The van der Waals surface area contributed by atoms with Crippen molar-refractivity contribution in [3.05, 3.63) is 0 Å². The summed E-state index contributed by atoms with van der Waals surface area (Å²) in [5, 5.41) is -0.486. The van der Waals surface area contributed by atoms with Crippen LogP contribution in [0.5, 0.6) is 0 Å². The highest BCUT2D eigenvalue weighted by Crippen LogP contribution is 2.63. The highest BCUT2D eigenvalue weighted by atomic mass is 31.2. The second kappa shape index (κ2) is 4.56. The highest BCUT2D eigenvalue weighted by Gasteiger charge is 2.45. The summed E-state index contributed by atoms with van der Waals surface area (Å²) in [5.74, 6) is 0. The van der Waals surface area contributed by atoms with Crippen LogP contribution in [0, 0.1) is 0 Å². The van der Waals surface area contributed by atoms with Crippen molar-refractivity contribution in [2.24, 2.45) is 0 Å². The lowest BCUT2D eigenvalue weighted by atomic mass is 10.2. The van der Waals surface area contributed by atoms with Gasteiger partial charge in [-0.15, -0.1) is 0 Å². The van der Waals surface area contributed by atoms with Crippen molar-refractivity contribution >= 4 is 15.9 Å². The quantitative estimate of drug-likeness (QED) is 0.551. The summed E-state index contributed by atoms with van der Waals surface area (Å²) in [6, 6.07) is 0. The summed E-state index contributed by atoms with van der Waals surface area (Å²) in [5.41, 5.74) is -0.456. The van der Waals surface area contributed by atoms with Crippen molar-refractivity contribution < 1.29 is 13.3 Å². The fourth-order valence-corrected chi connectivity index (χ4v) is 6.14. The average molecular weight is 266 g/mol. The molecule has 1 unspecified atom stereocenters. The Hall–Kier alpha value is 0.367. The van der Waals surface area contributed by atoms with E-state index in [0.717, 1.165) is 0 Å². The van der Waals surface area contributed by atoms with Crippen LogP contribution in [0.2, 0.25) is 19.6 Å². The largest absolute Gasteiger partial charge is 0.351 e. The molecule has 0 spiro atoms. The summed E-state index contributed by atoms with van der Waals surface area (Å²) in [6.07, 6.45) is 0. The zero-order valence-corrected chi connectivity index (χ0v) is 14.1. The van der Waals surface area contributed by atoms with Gasteiger partial charge in [-0.25, -0.2) is 0 Å². The molecule has 0 aromatic heterocycles. The molecule has 98 valence electrons. The molecule has 5 heteroatoms. The van der Waals surface area contributed by atoms with Crippen molar-refractivity contribution in [2.75, 3.05) is 0 Å². The van der Waals surface area contributed by atoms with E-state index in [1.807, 2.05) is 61.2 Å². The number of rotatable bonds is 3. The van der Waals surface area contributed by atoms with E-state index in [2.05, 4.69) is 0 Å². The maximum Gasteiger partial charge on any atom is 0.326 e. The van der Waals surface area contributed by atoms with Gasteiger partial charge in [0.2, 0.25) is 0 Å². The van der Waals surface area contributed by atoms with E-state index in [9.17, 15) is 4.57 Å². The Morgan fingerprint density at radius 1 is 0.938 bits per heavy atom. The standard InChI is InChI=1S/C11H27O3PSi/c1-10(2,3)13-15(12,11(4,5)6)14-16(7,8)9/h1-9H3. The van der Waals surface area contributed by atoms with Crippen LogP contribution in [-0.4, -0.2) is 19.1 Å². The molecule has 0 amide bonds. The van der Waals surface area contributed by atoms with Crippen molar-refractivity contribution in [3.63, 3.8) is 0 Å². The molecule has 1 atom stereocenters. The van der Waals surface area contributed by atoms with Gasteiger partial charge in [0.15, 0.2) is 8.32 Å². The van der Waals surface area contributed by atoms with Crippen LogP contribution in [0.1, 0.15) is 41.5 Å². The second-order valence-electron chi connectivity index (χ2n) is 7.08. The van der Waals surface area contributed by atoms with Gasteiger partial charge in [-0.3, -0.25) is 4.57 Å². The lowest BCUT2D eigenvalue weighted by Crippen LogP contribution is -2.33. The summed E-state index contributed by atoms with van der Waals surface area (Å²) in [7, 11) is -4.97. The molecule has 0 aromatic rings. The molecule has 0 saturated carbocycles. The zero-order valence-electron chi connectivity index (χ0n) is 12.2. The Morgan fingerprint density at radius 3 is 1.50 bits per heavy atom. The Balaban J connectivity index is 5.16. The van der Waals surface area contributed by atoms with E-state index >= 15 is 0 Å². The Labute approximate surface area is 102 Å². The van der Waals surface area contributed by atoms with E-state index in [1.54, 1.807) is 0 Å². The van der Waals surface area contributed by atoms with Crippen molar-refractivity contribution in [1.29, 1.82) is 0 Å². The van der Waals surface area contributed by atoms with E-state index in [-0.39, 0.29) is 0 Å². The second-order valence-corrected chi connectivity index (χ2v) is 14.5. The van der Waals surface area contributed by atoms with Gasteiger partial charge in [-0.1, -0.05) is 0 Å². The lowest BCUT2D eigenvalue weighted by molar-refractivity contribution is 0.105. The molecule has 0 aliphatic heterocycles. The third kappa shape index (κ3) is 5.62. The van der Waals surface area contributed by atoms with E-state index in [1.165, 1.54) is 0 Å². The minimum atomic E-state index is -3.08. The zero-order chi connectivity index (χ0) is 13.4. The van der Waals surface area contributed by atoms with Crippen LogP contribution in [0.25, 0.3) is 0 Å². The predicted molar refractivity (Wildman–Crippen MR) is 72.6 cm³/mol.